The second-order valence-electron chi connectivity index (χ2n) is 4.23. The quantitative estimate of drug-likeness (QED) is 0.815. The van der Waals surface area contributed by atoms with Crippen LogP contribution in [0, 0.1) is 11.6 Å². The van der Waals surface area contributed by atoms with Gasteiger partial charge in [0.1, 0.15) is 11.6 Å². The third-order valence-corrected chi connectivity index (χ3v) is 2.36. The Kier molecular flexibility index (Phi) is 3.47. The van der Waals surface area contributed by atoms with Crippen LogP contribution >= 0.6 is 0 Å². The van der Waals surface area contributed by atoms with Gasteiger partial charge >= 0.3 is 6.03 Å². The molecule has 0 heterocycles. The van der Waals surface area contributed by atoms with Crippen LogP contribution in [-0.4, -0.2) is 12.6 Å². The minimum atomic E-state index is -0.721. The first-order valence-corrected chi connectivity index (χ1v) is 4.82. The molecule has 1 rings (SSSR count). The van der Waals surface area contributed by atoms with Crippen molar-refractivity contribution in [1.29, 1.82) is 0 Å². The van der Waals surface area contributed by atoms with Gasteiger partial charge in [-0.25, -0.2) is 13.6 Å². The summed E-state index contributed by atoms with van der Waals surface area (Å²) in [7, 11) is 0. The van der Waals surface area contributed by atoms with Crippen molar-refractivity contribution in [2.45, 2.75) is 19.3 Å². The number of rotatable bonds is 3. The molecular weight excluding hydrogens is 214 g/mol. The van der Waals surface area contributed by atoms with Crippen molar-refractivity contribution in [3.8, 4) is 0 Å². The first kappa shape index (κ1) is 12.4. The van der Waals surface area contributed by atoms with E-state index in [1.165, 1.54) is 0 Å². The summed E-state index contributed by atoms with van der Waals surface area (Å²) in [6.45, 7) is 3.53. The number of benzene rings is 1. The molecule has 0 atom stereocenters. The largest absolute Gasteiger partial charge is 0.352 e. The Morgan fingerprint density at radius 2 is 2.06 bits per heavy atom. The fourth-order valence-electron chi connectivity index (χ4n) is 1.42. The lowest BCUT2D eigenvalue weighted by molar-refractivity contribution is 0.246. The fourth-order valence-corrected chi connectivity index (χ4v) is 1.42. The van der Waals surface area contributed by atoms with Crippen LogP contribution < -0.4 is 11.1 Å². The van der Waals surface area contributed by atoms with Crippen molar-refractivity contribution < 1.29 is 13.6 Å². The van der Waals surface area contributed by atoms with E-state index in [-0.39, 0.29) is 12.1 Å². The number of halogens is 2. The number of nitrogens with one attached hydrogen (secondary N) is 1. The third kappa shape index (κ3) is 2.92. The van der Waals surface area contributed by atoms with E-state index in [1.54, 1.807) is 13.8 Å². The standard InChI is InChI=1S/C11H14F2N2O/c1-11(2,6-15-10(14)16)8-5-7(12)3-4-9(8)13/h3-5H,6H2,1-2H3,(H3,14,15,16). The summed E-state index contributed by atoms with van der Waals surface area (Å²) in [6, 6.07) is 2.55. The predicted octanol–water partition coefficient (Wildman–Crippen LogP) is 1.91. The summed E-state index contributed by atoms with van der Waals surface area (Å²) in [5.74, 6) is -1.01. The maximum Gasteiger partial charge on any atom is 0.312 e. The SMILES string of the molecule is CC(C)(CNC(N)=O)c1cc(F)ccc1F. The molecule has 0 aliphatic rings. The van der Waals surface area contributed by atoms with Crippen molar-refractivity contribution in [3.05, 3.63) is 35.4 Å². The van der Waals surface area contributed by atoms with E-state index < -0.39 is 23.1 Å². The zero-order valence-corrected chi connectivity index (χ0v) is 9.18. The number of nitrogens with two attached hydrogens (primary N) is 1. The van der Waals surface area contributed by atoms with Gasteiger partial charge in [-0.3, -0.25) is 0 Å². The summed E-state index contributed by atoms with van der Waals surface area (Å²) in [6.07, 6.45) is 0. The molecule has 16 heavy (non-hydrogen) atoms. The van der Waals surface area contributed by atoms with E-state index in [0.717, 1.165) is 18.2 Å². The predicted molar refractivity (Wildman–Crippen MR) is 57.0 cm³/mol. The van der Waals surface area contributed by atoms with Gasteiger partial charge in [0.15, 0.2) is 0 Å². The summed E-state index contributed by atoms with van der Waals surface area (Å²) in [5, 5.41) is 2.38. The molecule has 1 aromatic rings. The number of hydrogen-bond acceptors (Lipinski definition) is 1. The first-order chi connectivity index (χ1) is 7.33. The van der Waals surface area contributed by atoms with E-state index in [9.17, 15) is 13.6 Å². The van der Waals surface area contributed by atoms with Gasteiger partial charge in [0, 0.05) is 12.0 Å². The molecule has 1 aromatic carbocycles. The molecule has 0 unspecified atom stereocenters. The van der Waals surface area contributed by atoms with Gasteiger partial charge in [0.25, 0.3) is 0 Å². The molecule has 0 fully saturated rings. The third-order valence-electron chi connectivity index (χ3n) is 2.36. The number of primary amides is 1. The molecular formula is C11H14F2N2O. The van der Waals surface area contributed by atoms with Crippen molar-refractivity contribution in [3.63, 3.8) is 0 Å². The molecule has 88 valence electrons. The molecule has 3 N–H and O–H groups in total. The minimum Gasteiger partial charge on any atom is -0.352 e. The molecule has 2 amide bonds. The number of urea groups is 1. The second-order valence-corrected chi connectivity index (χ2v) is 4.23. The Hall–Kier alpha value is -1.65. The highest BCUT2D eigenvalue weighted by atomic mass is 19.1. The lowest BCUT2D eigenvalue weighted by Gasteiger charge is -2.25. The summed E-state index contributed by atoms with van der Waals surface area (Å²) < 4.78 is 26.5. The molecule has 3 nitrogen and oxygen atoms in total. The monoisotopic (exact) mass is 228 g/mol. The molecule has 0 saturated carbocycles. The van der Waals surface area contributed by atoms with Gasteiger partial charge in [-0.1, -0.05) is 13.8 Å². The second kappa shape index (κ2) is 4.47. The maximum atomic E-state index is 13.5. The molecule has 0 aliphatic heterocycles. The number of amides is 2. The average Bonchev–Trinajstić information content (AvgIpc) is 2.19. The summed E-state index contributed by atoms with van der Waals surface area (Å²) >= 11 is 0. The van der Waals surface area contributed by atoms with Crippen molar-refractivity contribution in [2.75, 3.05) is 6.54 Å². The molecule has 0 spiro atoms. The highest BCUT2D eigenvalue weighted by molar-refractivity contribution is 5.71. The van der Waals surface area contributed by atoms with E-state index in [4.69, 9.17) is 5.73 Å². The summed E-state index contributed by atoms with van der Waals surface area (Å²) in [5.41, 5.74) is 4.42. The Bertz CT molecular complexity index is 405. The normalized spacial score (nSPS) is 11.2. The molecule has 0 saturated heterocycles. The number of carbonyl (C=O) groups is 1. The molecule has 0 radical (unpaired) electrons. The fraction of sp³-hybridized carbons (Fsp3) is 0.364. The Morgan fingerprint density at radius 3 is 2.62 bits per heavy atom. The van der Waals surface area contributed by atoms with Crippen LogP contribution in [0.3, 0.4) is 0 Å². The number of carbonyl (C=O) groups excluding carboxylic acids is 1. The summed E-state index contributed by atoms with van der Waals surface area (Å²) in [4.78, 5) is 10.6. The van der Waals surface area contributed by atoms with E-state index >= 15 is 0 Å². The van der Waals surface area contributed by atoms with Crippen molar-refractivity contribution in [2.24, 2.45) is 5.73 Å². The van der Waals surface area contributed by atoms with Crippen LogP contribution in [0.5, 0.6) is 0 Å². The Morgan fingerprint density at radius 1 is 1.44 bits per heavy atom. The van der Waals surface area contributed by atoms with E-state index in [2.05, 4.69) is 5.32 Å². The zero-order valence-electron chi connectivity index (χ0n) is 9.18. The van der Waals surface area contributed by atoms with Gasteiger partial charge in [0.05, 0.1) is 0 Å². The van der Waals surface area contributed by atoms with Crippen LogP contribution in [0.4, 0.5) is 13.6 Å². The van der Waals surface area contributed by atoms with Crippen LogP contribution in [0.25, 0.3) is 0 Å². The van der Waals surface area contributed by atoms with Gasteiger partial charge in [-0.15, -0.1) is 0 Å². The van der Waals surface area contributed by atoms with Crippen LogP contribution in [0.1, 0.15) is 19.4 Å². The molecule has 0 aromatic heterocycles. The van der Waals surface area contributed by atoms with Gasteiger partial charge in [-0.05, 0) is 23.8 Å². The van der Waals surface area contributed by atoms with Crippen LogP contribution in [0.2, 0.25) is 0 Å². The molecule has 0 aliphatic carbocycles. The van der Waals surface area contributed by atoms with E-state index in [1.807, 2.05) is 0 Å². The topological polar surface area (TPSA) is 55.1 Å². The highest BCUT2D eigenvalue weighted by Gasteiger charge is 2.25. The first-order valence-electron chi connectivity index (χ1n) is 4.82. The average molecular weight is 228 g/mol. The Labute approximate surface area is 92.6 Å². The van der Waals surface area contributed by atoms with Crippen molar-refractivity contribution >= 4 is 6.03 Å². The molecule has 5 heteroatoms. The number of hydrogen-bond donors (Lipinski definition) is 2. The van der Waals surface area contributed by atoms with Gasteiger partial charge in [-0.2, -0.15) is 0 Å². The van der Waals surface area contributed by atoms with Crippen molar-refractivity contribution in [1.82, 2.24) is 5.32 Å². The van der Waals surface area contributed by atoms with Crippen LogP contribution in [-0.2, 0) is 5.41 Å². The molecule has 0 bridgehead atoms. The lowest BCUT2D eigenvalue weighted by Crippen LogP contribution is -2.39. The zero-order chi connectivity index (χ0) is 12.3. The van der Waals surface area contributed by atoms with E-state index in [0.29, 0.717) is 0 Å². The highest BCUT2D eigenvalue weighted by Crippen LogP contribution is 2.25. The minimum absolute atomic E-state index is 0.142. The lowest BCUT2D eigenvalue weighted by atomic mass is 9.84. The maximum absolute atomic E-state index is 13.5. The van der Waals surface area contributed by atoms with Gasteiger partial charge in [0.2, 0.25) is 0 Å². The van der Waals surface area contributed by atoms with Gasteiger partial charge < -0.3 is 11.1 Å². The smallest absolute Gasteiger partial charge is 0.312 e. The van der Waals surface area contributed by atoms with Crippen LogP contribution in [0.15, 0.2) is 18.2 Å². The Balaban J connectivity index is 2.96.